The van der Waals surface area contributed by atoms with Gasteiger partial charge in [0.2, 0.25) is 11.9 Å². The second-order valence-electron chi connectivity index (χ2n) is 8.30. The van der Waals surface area contributed by atoms with Gasteiger partial charge in [0.15, 0.2) is 0 Å². The molecule has 10 heteroatoms. The largest absolute Gasteiger partial charge is 0.494 e. The number of aliphatic imine (C=N–C) groups is 1. The molecular formula is C28H24FN7O2. The van der Waals surface area contributed by atoms with Gasteiger partial charge in [0.1, 0.15) is 17.4 Å². The summed E-state index contributed by atoms with van der Waals surface area (Å²) < 4.78 is 21.4. The molecule has 0 bridgehead atoms. The maximum atomic E-state index is 13.9. The van der Waals surface area contributed by atoms with E-state index in [0.29, 0.717) is 34.1 Å². The summed E-state index contributed by atoms with van der Waals surface area (Å²) in [5.74, 6) is 0.621. The molecule has 5 rings (SSSR count). The molecule has 1 amide bonds. The monoisotopic (exact) mass is 509 g/mol. The fourth-order valence-corrected chi connectivity index (χ4v) is 4.06. The van der Waals surface area contributed by atoms with E-state index in [1.807, 2.05) is 30.3 Å². The molecule has 0 unspecified atom stereocenters. The van der Waals surface area contributed by atoms with Crippen LogP contribution in [0.4, 0.5) is 27.4 Å². The molecule has 2 N–H and O–H groups in total. The van der Waals surface area contributed by atoms with Crippen molar-refractivity contribution in [1.29, 1.82) is 0 Å². The fourth-order valence-electron chi connectivity index (χ4n) is 4.06. The van der Waals surface area contributed by atoms with E-state index >= 15 is 0 Å². The van der Waals surface area contributed by atoms with E-state index in [0.717, 1.165) is 11.1 Å². The van der Waals surface area contributed by atoms with Gasteiger partial charge in [-0.15, -0.1) is 0 Å². The SMILES string of the molecule is C=CC(=O)Nc1cc(Nc2nccc(-n3ccc4ccc(F)cc43)n2)c(OC)cc1N1C=CC=NC=C1C. The molecule has 0 aliphatic carbocycles. The standard InChI is InChI=1S/C28H24FN7O2/c1-4-27(37)32-21-15-22(25(38-3)16-24(21)35-12-5-10-30-17-18(35)2)33-28-31-11-8-26(34-28)36-13-9-19-6-7-20(29)14-23(19)36/h4-17H,1H2,2-3H3,(H,32,37)(H,31,33,34). The molecular weight excluding hydrogens is 485 g/mol. The number of amides is 1. The predicted octanol–water partition coefficient (Wildman–Crippen LogP) is 5.70. The lowest BCUT2D eigenvalue weighted by Gasteiger charge is -2.25. The highest BCUT2D eigenvalue weighted by Gasteiger charge is 2.19. The topological polar surface area (TPSA) is 96.7 Å². The van der Waals surface area contributed by atoms with Gasteiger partial charge in [-0.1, -0.05) is 6.58 Å². The molecule has 4 aromatic rings. The van der Waals surface area contributed by atoms with Gasteiger partial charge in [0.25, 0.3) is 0 Å². The molecule has 2 aromatic heterocycles. The normalized spacial score (nSPS) is 12.7. The molecule has 1 aliphatic heterocycles. The summed E-state index contributed by atoms with van der Waals surface area (Å²) in [5, 5.41) is 6.93. The lowest BCUT2D eigenvalue weighted by atomic mass is 10.1. The number of hydrogen-bond acceptors (Lipinski definition) is 7. The molecule has 1 aliphatic rings. The maximum Gasteiger partial charge on any atom is 0.247 e. The maximum absolute atomic E-state index is 13.9. The molecule has 0 radical (unpaired) electrons. The van der Waals surface area contributed by atoms with Crippen molar-refractivity contribution in [3.8, 4) is 11.6 Å². The Balaban J connectivity index is 1.55. The minimum Gasteiger partial charge on any atom is -0.494 e. The average Bonchev–Trinajstić information content (AvgIpc) is 3.22. The predicted molar refractivity (Wildman–Crippen MR) is 148 cm³/mol. The van der Waals surface area contributed by atoms with Crippen LogP contribution in [-0.2, 0) is 4.79 Å². The lowest BCUT2D eigenvalue weighted by molar-refractivity contribution is -0.111. The number of rotatable bonds is 7. The van der Waals surface area contributed by atoms with Crippen LogP contribution in [0.15, 0.2) is 96.7 Å². The van der Waals surface area contributed by atoms with Crippen molar-refractivity contribution in [2.45, 2.75) is 6.92 Å². The number of nitrogens with one attached hydrogen (secondary N) is 2. The second kappa shape index (κ2) is 10.4. The number of fused-ring (bicyclic) bond motifs is 1. The Morgan fingerprint density at radius 2 is 2.03 bits per heavy atom. The number of halogens is 1. The van der Waals surface area contributed by atoms with Crippen LogP contribution in [0.2, 0.25) is 0 Å². The van der Waals surface area contributed by atoms with Gasteiger partial charge in [-0.05, 0) is 55.5 Å². The first-order chi connectivity index (χ1) is 18.5. The van der Waals surface area contributed by atoms with Crippen molar-refractivity contribution in [1.82, 2.24) is 14.5 Å². The number of hydrogen-bond donors (Lipinski definition) is 2. The van der Waals surface area contributed by atoms with E-state index in [1.54, 1.807) is 60.6 Å². The third-order valence-electron chi connectivity index (χ3n) is 5.86. The van der Waals surface area contributed by atoms with Crippen LogP contribution in [0.3, 0.4) is 0 Å². The molecule has 0 saturated carbocycles. The molecule has 190 valence electrons. The van der Waals surface area contributed by atoms with Crippen molar-refractivity contribution in [2.75, 3.05) is 22.6 Å². The molecule has 0 spiro atoms. The Labute approximate surface area is 218 Å². The van der Waals surface area contributed by atoms with Gasteiger partial charge < -0.3 is 24.8 Å². The van der Waals surface area contributed by atoms with E-state index in [1.165, 1.54) is 18.2 Å². The van der Waals surface area contributed by atoms with Gasteiger partial charge in [0, 0.05) is 48.2 Å². The number of anilines is 4. The van der Waals surface area contributed by atoms with Crippen molar-refractivity contribution in [3.05, 3.63) is 97.5 Å². The molecule has 3 heterocycles. The summed E-state index contributed by atoms with van der Waals surface area (Å²) in [5.41, 5.74) is 3.20. The second-order valence-corrected chi connectivity index (χ2v) is 8.30. The molecule has 38 heavy (non-hydrogen) atoms. The zero-order valence-electron chi connectivity index (χ0n) is 20.7. The quantitative estimate of drug-likeness (QED) is 0.310. The van der Waals surface area contributed by atoms with Crippen molar-refractivity contribution >= 4 is 46.0 Å². The summed E-state index contributed by atoms with van der Waals surface area (Å²) >= 11 is 0. The van der Waals surface area contributed by atoms with Gasteiger partial charge in [-0.3, -0.25) is 9.79 Å². The van der Waals surface area contributed by atoms with Gasteiger partial charge in [-0.25, -0.2) is 9.37 Å². The first-order valence-corrected chi connectivity index (χ1v) is 11.7. The number of carbonyl (C=O) groups is 1. The number of ether oxygens (including phenoxy) is 1. The minimum atomic E-state index is -0.371. The zero-order chi connectivity index (χ0) is 26.6. The van der Waals surface area contributed by atoms with E-state index in [-0.39, 0.29) is 17.7 Å². The summed E-state index contributed by atoms with van der Waals surface area (Å²) in [7, 11) is 1.55. The molecule has 9 nitrogen and oxygen atoms in total. The van der Waals surface area contributed by atoms with E-state index in [4.69, 9.17) is 4.74 Å². The Morgan fingerprint density at radius 1 is 1.16 bits per heavy atom. The van der Waals surface area contributed by atoms with Crippen LogP contribution in [0.5, 0.6) is 5.75 Å². The summed E-state index contributed by atoms with van der Waals surface area (Å²) in [6.45, 7) is 5.46. The third kappa shape index (κ3) is 4.87. The Bertz CT molecular complexity index is 1640. The highest BCUT2D eigenvalue weighted by molar-refractivity contribution is 6.02. The highest BCUT2D eigenvalue weighted by Crippen LogP contribution is 2.40. The van der Waals surface area contributed by atoms with Crippen LogP contribution in [0.25, 0.3) is 16.7 Å². The number of carbonyl (C=O) groups excluding carboxylic acids is 1. The number of methoxy groups -OCH3 is 1. The van der Waals surface area contributed by atoms with E-state index in [9.17, 15) is 9.18 Å². The number of allylic oxidation sites excluding steroid dienone is 2. The molecule has 0 saturated heterocycles. The van der Waals surface area contributed by atoms with Gasteiger partial charge in [-0.2, -0.15) is 4.98 Å². The van der Waals surface area contributed by atoms with E-state index in [2.05, 4.69) is 32.2 Å². The van der Waals surface area contributed by atoms with Crippen LogP contribution in [0.1, 0.15) is 6.92 Å². The van der Waals surface area contributed by atoms with E-state index < -0.39 is 0 Å². The third-order valence-corrected chi connectivity index (χ3v) is 5.86. The molecule has 2 aromatic carbocycles. The van der Waals surface area contributed by atoms with Gasteiger partial charge in [0.05, 0.1) is 29.7 Å². The number of aromatic nitrogens is 3. The number of benzene rings is 2. The molecule has 0 fully saturated rings. The smallest absolute Gasteiger partial charge is 0.247 e. The van der Waals surface area contributed by atoms with Gasteiger partial charge >= 0.3 is 0 Å². The summed E-state index contributed by atoms with van der Waals surface area (Å²) in [6, 6.07) is 11.7. The first kappa shape index (κ1) is 24.4. The Kier molecular flexibility index (Phi) is 6.68. The van der Waals surface area contributed by atoms with Crippen LogP contribution < -0.4 is 20.3 Å². The van der Waals surface area contributed by atoms with Crippen LogP contribution in [-0.4, -0.2) is 33.8 Å². The van der Waals surface area contributed by atoms with Crippen molar-refractivity contribution in [3.63, 3.8) is 0 Å². The minimum absolute atomic E-state index is 0.284. The average molecular weight is 510 g/mol. The lowest BCUT2D eigenvalue weighted by Crippen LogP contribution is -2.17. The van der Waals surface area contributed by atoms with Crippen LogP contribution >= 0.6 is 0 Å². The fraction of sp³-hybridized carbons (Fsp3) is 0.0714. The van der Waals surface area contributed by atoms with Crippen molar-refractivity contribution < 1.29 is 13.9 Å². The molecule has 0 atom stereocenters. The van der Waals surface area contributed by atoms with Crippen LogP contribution in [0, 0.1) is 5.82 Å². The first-order valence-electron chi connectivity index (χ1n) is 11.7. The summed E-state index contributed by atoms with van der Waals surface area (Å²) in [6.07, 6.45) is 11.6. The number of nitrogens with zero attached hydrogens (tertiary/aromatic N) is 5. The Hall–Kier alpha value is -5.25. The summed E-state index contributed by atoms with van der Waals surface area (Å²) in [4.78, 5) is 27.3. The van der Waals surface area contributed by atoms with Crippen molar-refractivity contribution in [2.24, 2.45) is 4.99 Å². The zero-order valence-corrected chi connectivity index (χ0v) is 20.7. The Morgan fingerprint density at radius 3 is 2.84 bits per heavy atom. The highest BCUT2D eigenvalue weighted by atomic mass is 19.1.